The molecule has 2 N–H and O–H groups in total. The van der Waals surface area contributed by atoms with Crippen molar-refractivity contribution in [1.82, 2.24) is 0 Å². The van der Waals surface area contributed by atoms with Gasteiger partial charge in [0.25, 0.3) is 0 Å². The molecule has 0 radical (unpaired) electrons. The smallest absolute Gasteiger partial charge is 0.0701 e. The number of unbranched alkanes of at least 4 members (excludes halogenated alkanes) is 1. The third-order valence-corrected chi connectivity index (χ3v) is 2.98. The zero-order chi connectivity index (χ0) is 14.1. The van der Waals surface area contributed by atoms with Crippen LogP contribution in [0, 0.1) is 13.8 Å². The van der Waals surface area contributed by atoms with E-state index in [2.05, 4.69) is 39.0 Å². The number of benzene rings is 1. The average molecular weight is 265 g/mol. The van der Waals surface area contributed by atoms with Crippen LogP contribution in [-0.2, 0) is 9.47 Å². The molecule has 0 aromatic heterocycles. The van der Waals surface area contributed by atoms with Crippen molar-refractivity contribution in [3.63, 3.8) is 0 Å². The molecular formula is C16H27NO2. The highest BCUT2D eigenvalue weighted by atomic mass is 16.5. The Balaban J connectivity index is 2.22. The van der Waals surface area contributed by atoms with Gasteiger partial charge in [0.2, 0.25) is 0 Å². The van der Waals surface area contributed by atoms with Gasteiger partial charge in [0.15, 0.2) is 0 Å². The SMILES string of the molecule is CCCCOCCOCC(N)c1cc(C)cc(C)c1. The second-order valence-corrected chi connectivity index (χ2v) is 5.07. The monoisotopic (exact) mass is 265 g/mol. The van der Waals surface area contributed by atoms with Gasteiger partial charge < -0.3 is 15.2 Å². The Kier molecular flexibility index (Phi) is 7.72. The van der Waals surface area contributed by atoms with E-state index < -0.39 is 0 Å². The molecule has 0 aliphatic carbocycles. The summed E-state index contributed by atoms with van der Waals surface area (Å²) in [5.41, 5.74) is 9.76. The first-order chi connectivity index (χ1) is 9.13. The Morgan fingerprint density at radius 1 is 1.00 bits per heavy atom. The van der Waals surface area contributed by atoms with E-state index in [-0.39, 0.29) is 6.04 Å². The highest BCUT2D eigenvalue weighted by Gasteiger charge is 2.07. The molecule has 0 fully saturated rings. The van der Waals surface area contributed by atoms with Gasteiger partial charge in [-0.2, -0.15) is 0 Å². The molecule has 1 unspecified atom stereocenters. The zero-order valence-electron chi connectivity index (χ0n) is 12.4. The third-order valence-electron chi connectivity index (χ3n) is 2.98. The fraction of sp³-hybridized carbons (Fsp3) is 0.625. The summed E-state index contributed by atoms with van der Waals surface area (Å²) < 4.78 is 11.0. The fourth-order valence-electron chi connectivity index (χ4n) is 2.00. The van der Waals surface area contributed by atoms with Crippen LogP contribution in [0.4, 0.5) is 0 Å². The van der Waals surface area contributed by atoms with Crippen LogP contribution in [0.1, 0.15) is 42.5 Å². The molecule has 0 spiro atoms. The number of hydrogen-bond acceptors (Lipinski definition) is 3. The standard InChI is InChI=1S/C16H27NO2/c1-4-5-6-18-7-8-19-12-16(17)15-10-13(2)9-14(3)11-15/h9-11,16H,4-8,12,17H2,1-3H3. The first kappa shape index (κ1) is 16.2. The molecule has 0 aliphatic rings. The average Bonchev–Trinajstić information content (AvgIpc) is 2.36. The van der Waals surface area contributed by atoms with Gasteiger partial charge in [-0.25, -0.2) is 0 Å². The molecule has 0 saturated carbocycles. The fourth-order valence-corrected chi connectivity index (χ4v) is 2.00. The van der Waals surface area contributed by atoms with Gasteiger partial charge >= 0.3 is 0 Å². The lowest BCUT2D eigenvalue weighted by Gasteiger charge is -2.14. The predicted octanol–water partition coefficient (Wildman–Crippen LogP) is 3.14. The van der Waals surface area contributed by atoms with Gasteiger partial charge in [0.1, 0.15) is 0 Å². The minimum Gasteiger partial charge on any atom is -0.379 e. The summed E-state index contributed by atoms with van der Waals surface area (Å²) in [5.74, 6) is 0. The lowest BCUT2D eigenvalue weighted by atomic mass is 10.0. The van der Waals surface area contributed by atoms with Crippen molar-refractivity contribution in [2.24, 2.45) is 5.73 Å². The summed E-state index contributed by atoms with van der Waals surface area (Å²) in [6.45, 7) is 8.96. The van der Waals surface area contributed by atoms with Crippen molar-refractivity contribution in [2.75, 3.05) is 26.4 Å². The van der Waals surface area contributed by atoms with E-state index in [1.54, 1.807) is 0 Å². The second kappa shape index (κ2) is 9.08. The van der Waals surface area contributed by atoms with Crippen molar-refractivity contribution in [3.05, 3.63) is 34.9 Å². The van der Waals surface area contributed by atoms with Crippen LogP contribution in [0.15, 0.2) is 18.2 Å². The molecule has 0 saturated heterocycles. The maximum absolute atomic E-state index is 6.13. The van der Waals surface area contributed by atoms with E-state index in [9.17, 15) is 0 Å². The van der Waals surface area contributed by atoms with E-state index >= 15 is 0 Å². The molecule has 1 atom stereocenters. The molecular weight excluding hydrogens is 238 g/mol. The minimum atomic E-state index is -0.0609. The normalized spacial score (nSPS) is 12.6. The van der Waals surface area contributed by atoms with E-state index in [0.717, 1.165) is 18.6 Å². The quantitative estimate of drug-likeness (QED) is 0.698. The molecule has 19 heavy (non-hydrogen) atoms. The van der Waals surface area contributed by atoms with Gasteiger partial charge in [-0.15, -0.1) is 0 Å². The number of ether oxygens (including phenoxy) is 2. The molecule has 0 bridgehead atoms. The zero-order valence-corrected chi connectivity index (χ0v) is 12.4. The van der Waals surface area contributed by atoms with Crippen molar-refractivity contribution in [1.29, 1.82) is 0 Å². The van der Waals surface area contributed by atoms with Crippen LogP contribution >= 0.6 is 0 Å². The lowest BCUT2D eigenvalue weighted by Crippen LogP contribution is -2.19. The molecule has 108 valence electrons. The summed E-state index contributed by atoms with van der Waals surface area (Å²) in [5, 5.41) is 0. The van der Waals surface area contributed by atoms with Crippen molar-refractivity contribution < 1.29 is 9.47 Å². The number of hydrogen-bond donors (Lipinski definition) is 1. The van der Waals surface area contributed by atoms with Crippen LogP contribution < -0.4 is 5.73 Å². The van der Waals surface area contributed by atoms with Crippen LogP contribution in [0.3, 0.4) is 0 Å². The largest absolute Gasteiger partial charge is 0.379 e. The Morgan fingerprint density at radius 2 is 1.63 bits per heavy atom. The summed E-state index contributed by atoms with van der Waals surface area (Å²) in [6.07, 6.45) is 2.28. The summed E-state index contributed by atoms with van der Waals surface area (Å²) in [6, 6.07) is 6.34. The summed E-state index contributed by atoms with van der Waals surface area (Å²) in [7, 11) is 0. The molecule has 1 rings (SSSR count). The number of aryl methyl sites for hydroxylation is 2. The molecule has 3 nitrogen and oxygen atoms in total. The van der Waals surface area contributed by atoms with E-state index in [1.807, 2.05) is 0 Å². The number of rotatable bonds is 9. The topological polar surface area (TPSA) is 44.5 Å². The van der Waals surface area contributed by atoms with E-state index in [1.165, 1.54) is 17.5 Å². The summed E-state index contributed by atoms with van der Waals surface area (Å²) >= 11 is 0. The first-order valence-corrected chi connectivity index (χ1v) is 7.12. The van der Waals surface area contributed by atoms with E-state index in [4.69, 9.17) is 15.2 Å². The van der Waals surface area contributed by atoms with Crippen LogP contribution in [0.25, 0.3) is 0 Å². The molecule has 0 aliphatic heterocycles. The lowest BCUT2D eigenvalue weighted by molar-refractivity contribution is 0.0416. The van der Waals surface area contributed by atoms with Crippen molar-refractivity contribution in [3.8, 4) is 0 Å². The minimum absolute atomic E-state index is 0.0609. The highest BCUT2D eigenvalue weighted by Crippen LogP contribution is 2.15. The summed E-state index contributed by atoms with van der Waals surface area (Å²) in [4.78, 5) is 0. The highest BCUT2D eigenvalue weighted by molar-refractivity contribution is 5.30. The van der Waals surface area contributed by atoms with Gasteiger partial charge in [0.05, 0.1) is 25.9 Å². The number of nitrogens with two attached hydrogens (primary N) is 1. The molecule has 1 aromatic carbocycles. The Bertz CT molecular complexity index is 346. The molecule has 3 heteroatoms. The third kappa shape index (κ3) is 6.71. The molecule has 0 amide bonds. The Labute approximate surface area is 117 Å². The molecule has 0 heterocycles. The van der Waals surface area contributed by atoms with Gasteiger partial charge in [-0.1, -0.05) is 42.7 Å². The van der Waals surface area contributed by atoms with Crippen molar-refractivity contribution in [2.45, 2.75) is 39.7 Å². The first-order valence-electron chi connectivity index (χ1n) is 7.12. The van der Waals surface area contributed by atoms with Crippen LogP contribution in [-0.4, -0.2) is 26.4 Å². The maximum atomic E-state index is 6.13. The van der Waals surface area contributed by atoms with Crippen LogP contribution in [0.5, 0.6) is 0 Å². The van der Waals surface area contributed by atoms with Gasteiger partial charge in [-0.05, 0) is 25.8 Å². The second-order valence-electron chi connectivity index (χ2n) is 5.07. The van der Waals surface area contributed by atoms with Crippen molar-refractivity contribution >= 4 is 0 Å². The van der Waals surface area contributed by atoms with Gasteiger partial charge in [-0.3, -0.25) is 0 Å². The van der Waals surface area contributed by atoms with Gasteiger partial charge in [0, 0.05) is 6.61 Å². The van der Waals surface area contributed by atoms with Crippen LogP contribution in [0.2, 0.25) is 0 Å². The maximum Gasteiger partial charge on any atom is 0.0701 e. The Hall–Kier alpha value is -0.900. The van der Waals surface area contributed by atoms with E-state index in [0.29, 0.717) is 19.8 Å². The predicted molar refractivity (Wildman–Crippen MR) is 79.4 cm³/mol. The Morgan fingerprint density at radius 3 is 2.26 bits per heavy atom. The molecule has 1 aromatic rings.